The van der Waals surface area contributed by atoms with Gasteiger partial charge in [0.1, 0.15) is 18.2 Å². The summed E-state index contributed by atoms with van der Waals surface area (Å²) in [4.78, 5) is 10.7. The molecule has 0 aliphatic heterocycles. The van der Waals surface area contributed by atoms with Gasteiger partial charge in [0.25, 0.3) is 0 Å². The number of rotatable bonds is 5. The molecule has 0 N–H and O–H groups in total. The molecular formula is C16H11Cl2FO2. The second kappa shape index (κ2) is 7.25. The summed E-state index contributed by atoms with van der Waals surface area (Å²) in [5.74, 6) is 0.223. The third-order valence-electron chi connectivity index (χ3n) is 2.67. The molecule has 2 aromatic carbocycles. The Morgan fingerprint density at radius 1 is 1.24 bits per heavy atom. The van der Waals surface area contributed by atoms with Crippen molar-refractivity contribution >= 4 is 34.5 Å². The molecule has 0 aromatic heterocycles. The van der Waals surface area contributed by atoms with Crippen LogP contribution in [-0.4, -0.2) is 5.24 Å². The molecule has 0 spiro atoms. The number of hydrogen-bond acceptors (Lipinski definition) is 2. The lowest BCUT2D eigenvalue weighted by Crippen LogP contribution is -1.97. The number of allylic oxidation sites excluding steroid dienone is 1. The van der Waals surface area contributed by atoms with Crippen molar-refractivity contribution in [2.75, 3.05) is 0 Å². The molecule has 5 heteroatoms. The molecule has 0 amide bonds. The van der Waals surface area contributed by atoms with E-state index in [1.165, 1.54) is 18.2 Å². The van der Waals surface area contributed by atoms with Crippen LogP contribution in [0.25, 0.3) is 6.08 Å². The predicted octanol–water partition coefficient (Wildman–Crippen LogP) is 4.84. The molecule has 108 valence electrons. The summed E-state index contributed by atoms with van der Waals surface area (Å²) in [5, 5.41) is -0.224. The molecule has 0 heterocycles. The van der Waals surface area contributed by atoms with E-state index in [9.17, 15) is 9.18 Å². The van der Waals surface area contributed by atoms with E-state index in [1.54, 1.807) is 30.3 Å². The van der Waals surface area contributed by atoms with Gasteiger partial charge in [-0.25, -0.2) is 4.39 Å². The van der Waals surface area contributed by atoms with Crippen molar-refractivity contribution in [2.45, 2.75) is 6.61 Å². The van der Waals surface area contributed by atoms with Gasteiger partial charge in [-0.15, -0.1) is 0 Å². The Morgan fingerprint density at radius 2 is 2.05 bits per heavy atom. The molecule has 0 aliphatic rings. The summed E-state index contributed by atoms with van der Waals surface area (Å²) in [6, 6.07) is 11.3. The second-order valence-corrected chi connectivity index (χ2v) is 5.01. The maximum atomic E-state index is 12.9. The van der Waals surface area contributed by atoms with Crippen LogP contribution in [0.2, 0.25) is 5.02 Å². The minimum Gasteiger partial charge on any atom is -0.489 e. The molecule has 2 nitrogen and oxygen atoms in total. The highest BCUT2D eigenvalue weighted by atomic mass is 35.5. The zero-order valence-electron chi connectivity index (χ0n) is 10.9. The summed E-state index contributed by atoms with van der Waals surface area (Å²) in [6.45, 7) is 0.223. The maximum Gasteiger partial charge on any atom is 0.245 e. The largest absolute Gasteiger partial charge is 0.489 e. The van der Waals surface area contributed by atoms with Crippen LogP contribution in [0.5, 0.6) is 5.75 Å². The third-order valence-corrected chi connectivity index (χ3v) is 3.15. The van der Waals surface area contributed by atoms with Crippen LogP contribution < -0.4 is 4.74 Å². The Balaban J connectivity index is 2.06. The van der Waals surface area contributed by atoms with E-state index in [0.29, 0.717) is 16.3 Å². The smallest absolute Gasteiger partial charge is 0.245 e. The Bertz CT molecular complexity index is 684. The second-order valence-electron chi connectivity index (χ2n) is 4.23. The van der Waals surface area contributed by atoms with E-state index < -0.39 is 5.24 Å². The van der Waals surface area contributed by atoms with E-state index in [2.05, 4.69) is 0 Å². The molecule has 2 aromatic rings. The van der Waals surface area contributed by atoms with Crippen molar-refractivity contribution in [1.82, 2.24) is 0 Å². The molecule has 2 rings (SSSR count). The highest BCUT2D eigenvalue weighted by Gasteiger charge is 2.03. The quantitative estimate of drug-likeness (QED) is 0.581. The summed E-state index contributed by atoms with van der Waals surface area (Å²) in [7, 11) is 0. The van der Waals surface area contributed by atoms with Gasteiger partial charge in [-0.1, -0.05) is 35.9 Å². The fraction of sp³-hybridized carbons (Fsp3) is 0.0625. The minimum atomic E-state index is -0.542. The van der Waals surface area contributed by atoms with Gasteiger partial charge in [-0.3, -0.25) is 4.79 Å². The minimum absolute atomic E-state index is 0.223. The van der Waals surface area contributed by atoms with E-state index >= 15 is 0 Å². The van der Waals surface area contributed by atoms with E-state index in [0.717, 1.165) is 5.56 Å². The molecule has 0 radical (unpaired) electrons. The first-order valence-corrected chi connectivity index (χ1v) is 6.84. The first-order chi connectivity index (χ1) is 10.0. The number of carbonyl (C=O) groups is 1. The van der Waals surface area contributed by atoms with Crippen LogP contribution in [-0.2, 0) is 11.4 Å². The van der Waals surface area contributed by atoms with Crippen molar-refractivity contribution in [2.24, 2.45) is 0 Å². The lowest BCUT2D eigenvalue weighted by Gasteiger charge is -2.08. The molecule has 0 atom stereocenters. The molecule has 0 saturated carbocycles. The molecular weight excluding hydrogens is 314 g/mol. The van der Waals surface area contributed by atoms with E-state index in [-0.39, 0.29) is 12.4 Å². The molecule has 21 heavy (non-hydrogen) atoms. The van der Waals surface area contributed by atoms with Crippen LogP contribution in [0.3, 0.4) is 0 Å². The monoisotopic (exact) mass is 324 g/mol. The predicted molar refractivity (Wildman–Crippen MR) is 82.1 cm³/mol. The van der Waals surface area contributed by atoms with Crippen LogP contribution in [0.1, 0.15) is 11.1 Å². The van der Waals surface area contributed by atoms with Gasteiger partial charge < -0.3 is 4.74 Å². The standard InChI is InChI=1S/C16H11Cl2FO2/c17-15-9-13(19)6-5-12(15)10-21-14-3-1-2-11(8-14)4-7-16(18)20/h1-9H,10H2/b7-4+. The van der Waals surface area contributed by atoms with Crippen molar-refractivity contribution < 1.29 is 13.9 Å². The summed E-state index contributed by atoms with van der Waals surface area (Å²) in [6.07, 6.45) is 2.85. The van der Waals surface area contributed by atoms with Gasteiger partial charge in [0.2, 0.25) is 5.24 Å². The highest BCUT2D eigenvalue weighted by Crippen LogP contribution is 2.21. The van der Waals surface area contributed by atoms with Crippen LogP contribution in [0.4, 0.5) is 4.39 Å². The van der Waals surface area contributed by atoms with Gasteiger partial charge in [0.05, 0.1) is 5.02 Å². The molecule has 0 unspecified atom stereocenters. The fourth-order valence-corrected chi connectivity index (χ4v) is 1.95. The number of benzene rings is 2. The zero-order valence-corrected chi connectivity index (χ0v) is 12.4. The van der Waals surface area contributed by atoms with Gasteiger partial charge in [-0.2, -0.15) is 0 Å². The lowest BCUT2D eigenvalue weighted by atomic mass is 10.2. The summed E-state index contributed by atoms with van der Waals surface area (Å²) < 4.78 is 18.5. The van der Waals surface area contributed by atoms with Crippen LogP contribution >= 0.6 is 23.2 Å². The summed E-state index contributed by atoms with van der Waals surface area (Å²) >= 11 is 11.2. The number of carbonyl (C=O) groups excluding carboxylic acids is 1. The first kappa shape index (κ1) is 15.5. The third kappa shape index (κ3) is 4.88. The molecule has 0 aliphatic carbocycles. The van der Waals surface area contributed by atoms with Crippen LogP contribution in [0.15, 0.2) is 48.5 Å². The van der Waals surface area contributed by atoms with Crippen molar-refractivity contribution in [3.05, 3.63) is 70.5 Å². The van der Waals surface area contributed by atoms with Crippen molar-refractivity contribution in [3.8, 4) is 5.75 Å². The van der Waals surface area contributed by atoms with Gasteiger partial charge in [0.15, 0.2) is 0 Å². The van der Waals surface area contributed by atoms with Crippen molar-refractivity contribution in [3.63, 3.8) is 0 Å². The lowest BCUT2D eigenvalue weighted by molar-refractivity contribution is -0.107. The Kier molecular flexibility index (Phi) is 5.37. The SMILES string of the molecule is O=C(Cl)/C=C/c1cccc(OCc2ccc(F)cc2Cl)c1. The fourth-order valence-electron chi connectivity index (χ4n) is 1.67. The average Bonchev–Trinajstić information content (AvgIpc) is 2.45. The van der Waals surface area contributed by atoms with Gasteiger partial charge >= 0.3 is 0 Å². The molecule has 0 fully saturated rings. The maximum absolute atomic E-state index is 12.9. The van der Waals surface area contributed by atoms with Crippen molar-refractivity contribution in [1.29, 1.82) is 0 Å². The number of ether oxygens (including phenoxy) is 1. The van der Waals surface area contributed by atoms with Gasteiger partial charge in [-0.05, 0) is 47.5 Å². The van der Waals surface area contributed by atoms with Gasteiger partial charge in [0, 0.05) is 5.56 Å². The number of hydrogen-bond donors (Lipinski definition) is 0. The highest BCUT2D eigenvalue weighted by molar-refractivity contribution is 6.66. The summed E-state index contributed by atoms with van der Waals surface area (Å²) in [5.41, 5.74) is 1.47. The zero-order chi connectivity index (χ0) is 15.2. The van der Waals surface area contributed by atoms with E-state index in [1.807, 2.05) is 6.07 Å². The number of halogens is 3. The van der Waals surface area contributed by atoms with E-state index in [4.69, 9.17) is 27.9 Å². The first-order valence-electron chi connectivity index (χ1n) is 6.09. The Labute approximate surface area is 131 Å². The Morgan fingerprint density at radius 3 is 2.76 bits per heavy atom. The van der Waals surface area contributed by atoms with Crippen LogP contribution in [0, 0.1) is 5.82 Å². The average molecular weight is 325 g/mol. The molecule has 0 saturated heterocycles. The normalized spacial score (nSPS) is 10.8. The molecule has 0 bridgehead atoms. The topological polar surface area (TPSA) is 26.3 Å². The Hall–Kier alpha value is -1.84.